The second kappa shape index (κ2) is 10.3. The molecule has 0 aliphatic heterocycles. The summed E-state index contributed by atoms with van der Waals surface area (Å²) < 4.78 is 10.5. The topological polar surface area (TPSA) is 68.7 Å². The molecule has 144 valence electrons. The van der Waals surface area contributed by atoms with Crippen LogP contribution >= 0.6 is 0 Å². The highest BCUT2D eigenvalue weighted by Gasteiger charge is 2.22. The number of pyridine rings is 1. The molecule has 6 nitrogen and oxygen atoms in total. The van der Waals surface area contributed by atoms with Gasteiger partial charge in [0.15, 0.2) is 6.61 Å². The van der Waals surface area contributed by atoms with E-state index < -0.39 is 5.92 Å². The molecule has 0 fully saturated rings. The second-order valence-electron chi connectivity index (χ2n) is 6.35. The smallest absolute Gasteiger partial charge is 0.310 e. The number of amides is 1. The number of carbonyl (C=O) groups is 2. The first-order valence-electron chi connectivity index (χ1n) is 8.99. The lowest BCUT2D eigenvalue weighted by Crippen LogP contribution is -2.39. The molecule has 2 rings (SSSR count). The van der Waals surface area contributed by atoms with Crippen LogP contribution in [-0.4, -0.2) is 42.0 Å². The van der Waals surface area contributed by atoms with Gasteiger partial charge in [-0.3, -0.25) is 14.6 Å². The molecule has 6 heteroatoms. The molecular formula is C21H26N2O4. The van der Waals surface area contributed by atoms with Gasteiger partial charge in [0.2, 0.25) is 0 Å². The molecule has 0 saturated heterocycles. The average molecular weight is 370 g/mol. The van der Waals surface area contributed by atoms with Crippen molar-refractivity contribution in [2.45, 2.75) is 26.8 Å². The number of methoxy groups -OCH3 is 1. The number of esters is 1. The van der Waals surface area contributed by atoms with Gasteiger partial charge in [0.25, 0.3) is 5.91 Å². The van der Waals surface area contributed by atoms with Gasteiger partial charge >= 0.3 is 5.97 Å². The SMILES string of the molecule is CCc1cccc(OCC(=O)N(Cc2cccnc2)CC(C)C(=O)OC)c1. The number of rotatable bonds is 9. The Bertz CT molecular complexity index is 749. The molecule has 1 atom stereocenters. The fourth-order valence-corrected chi connectivity index (χ4v) is 2.66. The summed E-state index contributed by atoms with van der Waals surface area (Å²) in [4.78, 5) is 30.2. The lowest BCUT2D eigenvalue weighted by atomic mass is 10.1. The van der Waals surface area contributed by atoms with Crippen molar-refractivity contribution < 1.29 is 19.1 Å². The Balaban J connectivity index is 2.05. The Hall–Kier alpha value is -2.89. The minimum Gasteiger partial charge on any atom is -0.484 e. The van der Waals surface area contributed by atoms with Crippen LogP contribution in [0.5, 0.6) is 5.75 Å². The zero-order valence-electron chi connectivity index (χ0n) is 16.1. The summed E-state index contributed by atoms with van der Waals surface area (Å²) in [5, 5.41) is 0. The molecule has 1 heterocycles. The van der Waals surface area contributed by atoms with Gasteiger partial charge in [0.05, 0.1) is 13.0 Å². The standard InChI is InChI=1S/C21H26N2O4/c1-4-17-7-5-9-19(11-17)27-15-20(24)23(13-16(2)21(25)26-3)14-18-8-6-10-22-12-18/h5-12,16H,4,13-15H2,1-3H3. The van der Waals surface area contributed by atoms with Crippen LogP contribution in [0.2, 0.25) is 0 Å². The summed E-state index contributed by atoms with van der Waals surface area (Å²) in [5.74, 6) is -0.323. The van der Waals surface area contributed by atoms with Gasteiger partial charge in [0, 0.05) is 25.5 Å². The number of hydrogen-bond acceptors (Lipinski definition) is 5. The van der Waals surface area contributed by atoms with E-state index in [1.165, 1.54) is 7.11 Å². The number of carbonyl (C=O) groups excluding carboxylic acids is 2. The molecule has 1 amide bonds. The number of nitrogens with zero attached hydrogens (tertiary/aromatic N) is 2. The largest absolute Gasteiger partial charge is 0.484 e. The van der Waals surface area contributed by atoms with E-state index in [1.54, 1.807) is 24.2 Å². The van der Waals surface area contributed by atoms with Crippen molar-refractivity contribution in [3.8, 4) is 5.75 Å². The van der Waals surface area contributed by atoms with E-state index in [1.807, 2.05) is 36.4 Å². The van der Waals surface area contributed by atoms with Crippen LogP contribution in [0.3, 0.4) is 0 Å². The summed E-state index contributed by atoms with van der Waals surface area (Å²) in [5.41, 5.74) is 2.03. The molecule has 0 bridgehead atoms. The molecule has 27 heavy (non-hydrogen) atoms. The van der Waals surface area contributed by atoms with Crippen LogP contribution in [0.1, 0.15) is 25.0 Å². The molecule has 0 radical (unpaired) electrons. The Morgan fingerprint density at radius 1 is 1.19 bits per heavy atom. The minimum atomic E-state index is -0.431. The van der Waals surface area contributed by atoms with Gasteiger partial charge in [-0.15, -0.1) is 0 Å². The van der Waals surface area contributed by atoms with E-state index in [4.69, 9.17) is 9.47 Å². The van der Waals surface area contributed by atoms with Gasteiger partial charge in [-0.25, -0.2) is 0 Å². The highest BCUT2D eigenvalue weighted by molar-refractivity contribution is 5.79. The Kier molecular flexibility index (Phi) is 7.79. The first-order chi connectivity index (χ1) is 13.0. The number of aryl methyl sites for hydroxylation is 1. The van der Waals surface area contributed by atoms with Crippen LogP contribution in [0.4, 0.5) is 0 Å². The zero-order valence-corrected chi connectivity index (χ0v) is 16.1. The maximum Gasteiger partial charge on any atom is 0.310 e. The average Bonchev–Trinajstić information content (AvgIpc) is 2.71. The van der Waals surface area contributed by atoms with Crippen molar-refractivity contribution in [2.75, 3.05) is 20.3 Å². The van der Waals surface area contributed by atoms with Gasteiger partial charge in [0.1, 0.15) is 5.75 Å². The van der Waals surface area contributed by atoms with Crippen LogP contribution in [0, 0.1) is 5.92 Å². The van der Waals surface area contributed by atoms with Crippen molar-refractivity contribution in [1.82, 2.24) is 9.88 Å². The van der Waals surface area contributed by atoms with Crippen LogP contribution in [-0.2, 0) is 27.3 Å². The quantitative estimate of drug-likeness (QED) is 0.635. The molecule has 1 aromatic heterocycles. The molecule has 0 N–H and O–H groups in total. The molecule has 0 aliphatic rings. The van der Waals surface area contributed by atoms with Crippen LogP contribution in [0.15, 0.2) is 48.8 Å². The molecule has 0 aliphatic carbocycles. The highest BCUT2D eigenvalue weighted by atomic mass is 16.5. The van der Waals surface area contributed by atoms with E-state index in [0.29, 0.717) is 12.3 Å². The monoisotopic (exact) mass is 370 g/mol. The zero-order chi connectivity index (χ0) is 19.6. The molecule has 1 unspecified atom stereocenters. The summed E-state index contributed by atoms with van der Waals surface area (Å²) in [7, 11) is 1.34. The van der Waals surface area contributed by atoms with E-state index in [0.717, 1.165) is 17.5 Å². The third kappa shape index (κ3) is 6.40. The molecular weight excluding hydrogens is 344 g/mol. The van der Waals surface area contributed by atoms with Crippen LogP contribution < -0.4 is 4.74 Å². The Morgan fingerprint density at radius 2 is 1.96 bits per heavy atom. The van der Waals surface area contributed by atoms with Crippen molar-refractivity contribution in [2.24, 2.45) is 5.92 Å². The summed E-state index contributed by atoms with van der Waals surface area (Å²) >= 11 is 0. The summed E-state index contributed by atoms with van der Waals surface area (Å²) in [6.07, 6.45) is 4.28. The lowest BCUT2D eigenvalue weighted by molar-refractivity contribution is -0.147. The van der Waals surface area contributed by atoms with Crippen molar-refractivity contribution in [3.63, 3.8) is 0 Å². The minimum absolute atomic E-state index is 0.0959. The van der Waals surface area contributed by atoms with Gasteiger partial charge in [-0.05, 0) is 35.7 Å². The Morgan fingerprint density at radius 3 is 2.63 bits per heavy atom. The molecule has 0 saturated carbocycles. The van der Waals surface area contributed by atoms with Crippen LogP contribution in [0.25, 0.3) is 0 Å². The normalized spacial score (nSPS) is 11.5. The van der Waals surface area contributed by atoms with Gasteiger partial charge in [-0.2, -0.15) is 0 Å². The number of aromatic nitrogens is 1. The third-order valence-corrected chi connectivity index (χ3v) is 4.22. The first-order valence-corrected chi connectivity index (χ1v) is 8.99. The lowest BCUT2D eigenvalue weighted by Gasteiger charge is -2.25. The van der Waals surface area contributed by atoms with Gasteiger partial charge < -0.3 is 14.4 Å². The van der Waals surface area contributed by atoms with E-state index in [9.17, 15) is 9.59 Å². The predicted octanol–water partition coefficient (Wildman–Crippen LogP) is 2.86. The molecule has 2 aromatic rings. The van der Waals surface area contributed by atoms with Crippen molar-refractivity contribution in [1.29, 1.82) is 0 Å². The number of hydrogen-bond donors (Lipinski definition) is 0. The fraction of sp³-hybridized carbons (Fsp3) is 0.381. The van der Waals surface area contributed by atoms with Crippen molar-refractivity contribution >= 4 is 11.9 Å². The number of benzene rings is 1. The first kappa shape index (κ1) is 20.4. The van der Waals surface area contributed by atoms with E-state index >= 15 is 0 Å². The molecule has 1 aromatic carbocycles. The van der Waals surface area contributed by atoms with E-state index in [2.05, 4.69) is 11.9 Å². The predicted molar refractivity (Wildman–Crippen MR) is 102 cm³/mol. The Labute approximate surface area is 160 Å². The van der Waals surface area contributed by atoms with Gasteiger partial charge in [-0.1, -0.05) is 32.0 Å². The highest BCUT2D eigenvalue weighted by Crippen LogP contribution is 2.15. The molecule has 0 spiro atoms. The fourth-order valence-electron chi connectivity index (χ4n) is 2.66. The second-order valence-corrected chi connectivity index (χ2v) is 6.35. The van der Waals surface area contributed by atoms with E-state index in [-0.39, 0.29) is 25.0 Å². The van der Waals surface area contributed by atoms with Crippen molar-refractivity contribution in [3.05, 3.63) is 59.9 Å². The summed E-state index contributed by atoms with van der Waals surface area (Å²) in [6, 6.07) is 11.4. The maximum atomic E-state index is 12.8. The third-order valence-electron chi connectivity index (χ3n) is 4.22. The number of ether oxygens (including phenoxy) is 2. The summed E-state index contributed by atoms with van der Waals surface area (Å²) in [6.45, 7) is 4.31. The maximum absolute atomic E-state index is 12.8.